The number of hydrogen-bond donors (Lipinski definition) is 3. The quantitative estimate of drug-likeness (QED) is 0.679. The maximum atomic E-state index is 11.9. The van der Waals surface area contributed by atoms with Crippen molar-refractivity contribution >= 4 is 17.6 Å². The molecule has 6 heteroatoms. The lowest BCUT2D eigenvalue weighted by molar-refractivity contribution is -0.121. The SMILES string of the molecule is CCCNc1ccc(C(=O)NCCC(=O)NC(C)C)cn1. The molecule has 1 heterocycles. The summed E-state index contributed by atoms with van der Waals surface area (Å²) in [7, 11) is 0. The van der Waals surface area contributed by atoms with E-state index in [0.717, 1.165) is 18.8 Å². The van der Waals surface area contributed by atoms with Gasteiger partial charge in [0.15, 0.2) is 0 Å². The van der Waals surface area contributed by atoms with E-state index in [1.807, 2.05) is 13.8 Å². The Bertz CT molecular complexity index is 457. The zero-order valence-electron chi connectivity index (χ0n) is 12.9. The van der Waals surface area contributed by atoms with Gasteiger partial charge >= 0.3 is 0 Å². The Kier molecular flexibility index (Phi) is 7.21. The van der Waals surface area contributed by atoms with Crippen LogP contribution in [0.25, 0.3) is 0 Å². The summed E-state index contributed by atoms with van der Waals surface area (Å²) < 4.78 is 0. The molecule has 0 saturated carbocycles. The highest BCUT2D eigenvalue weighted by molar-refractivity contribution is 5.94. The molecular formula is C15H24N4O2. The second-order valence-electron chi connectivity index (χ2n) is 5.09. The number of pyridine rings is 1. The minimum absolute atomic E-state index is 0.0671. The van der Waals surface area contributed by atoms with Crippen molar-refractivity contribution in [3.8, 4) is 0 Å². The predicted molar refractivity (Wildman–Crippen MR) is 83.2 cm³/mol. The summed E-state index contributed by atoms with van der Waals surface area (Å²) in [6.45, 7) is 7.04. The van der Waals surface area contributed by atoms with Gasteiger partial charge in [-0.25, -0.2) is 4.98 Å². The number of carbonyl (C=O) groups is 2. The van der Waals surface area contributed by atoms with Crippen LogP contribution in [-0.4, -0.2) is 35.9 Å². The molecule has 0 bridgehead atoms. The van der Waals surface area contributed by atoms with E-state index >= 15 is 0 Å². The van der Waals surface area contributed by atoms with Gasteiger partial charge in [-0.1, -0.05) is 6.92 Å². The topological polar surface area (TPSA) is 83.1 Å². The Morgan fingerprint density at radius 1 is 1.24 bits per heavy atom. The Labute approximate surface area is 125 Å². The molecule has 21 heavy (non-hydrogen) atoms. The smallest absolute Gasteiger partial charge is 0.252 e. The third kappa shape index (κ3) is 6.74. The highest BCUT2D eigenvalue weighted by Crippen LogP contribution is 2.05. The van der Waals surface area contributed by atoms with Crippen LogP contribution < -0.4 is 16.0 Å². The molecule has 0 spiro atoms. The molecular weight excluding hydrogens is 268 g/mol. The van der Waals surface area contributed by atoms with E-state index in [1.54, 1.807) is 12.1 Å². The van der Waals surface area contributed by atoms with Crippen LogP contribution in [0.3, 0.4) is 0 Å². The maximum Gasteiger partial charge on any atom is 0.252 e. The van der Waals surface area contributed by atoms with Gasteiger partial charge in [0.05, 0.1) is 5.56 Å². The highest BCUT2D eigenvalue weighted by atomic mass is 16.2. The van der Waals surface area contributed by atoms with Crippen molar-refractivity contribution in [2.24, 2.45) is 0 Å². The van der Waals surface area contributed by atoms with Crippen molar-refractivity contribution in [2.75, 3.05) is 18.4 Å². The van der Waals surface area contributed by atoms with Crippen molar-refractivity contribution in [3.63, 3.8) is 0 Å². The number of amides is 2. The molecule has 6 nitrogen and oxygen atoms in total. The lowest BCUT2D eigenvalue weighted by atomic mass is 10.2. The Morgan fingerprint density at radius 3 is 2.57 bits per heavy atom. The first-order valence-electron chi connectivity index (χ1n) is 7.30. The second-order valence-corrected chi connectivity index (χ2v) is 5.09. The van der Waals surface area contributed by atoms with E-state index in [1.165, 1.54) is 6.20 Å². The minimum Gasteiger partial charge on any atom is -0.370 e. The molecule has 0 aliphatic rings. The largest absolute Gasteiger partial charge is 0.370 e. The van der Waals surface area contributed by atoms with Crippen LogP contribution in [0, 0.1) is 0 Å². The molecule has 0 aromatic carbocycles. The van der Waals surface area contributed by atoms with Crippen LogP contribution in [0.5, 0.6) is 0 Å². The van der Waals surface area contributed by atoms with Gasteiger partial charge in [-0.3, -0.25) is 9.59 Å². The van der Waals surface area contributed by atoms with Crippen molar-refractivity contribution in [2.45, 2.75) is 39.7 Å². The second kappa shape index (κ2) is 8.94. The molecule has 116 valence electrons. The third-order valence-electron chi connectivity index (χ3n) is 2.67. The number of rotatable bonds is 8. The normalized spacial score (nSPS) is 10.3. The average Bonchev–Trinajstić information content (AvgIpc) is 2.44. The summed E-state index contributed by atoms with van der Waals surface area (Å²) in [6, 6.07) is 3.60. The van der Waals surface area contributed by atoms with Gasteiger partial charge in [-0.05, 0) is 32.4 Å². The van der Waals surface area contributed by atoms with E-state index in [2.05, 4.69) is 27.9 Å². The monoisotopic (exact) mass is 292 g/mol. The van der Waals surface area contributed by atoms with Crippen LogP contribution in [0.2, 0.25) is 0 Å². The Hall–Kier alpha value is -2.11. The summed E-state index contributed by atoms with van der Waals surface area (Å²) in [5, 5.41) is 8.62. The number of carbonyl (C=O) groups excluding carboxylic acids is 2. The van der Waals surface area contributed by atoms with Crippen LogP contribution in [0.1, 0.15) is 44.0 Å². The molecule has 1 rings (SSSR count). The lowest BCUT2D eigenvalue weighted by Crippen LogP contribution is -2.34. The van der Waals surface area contributed by atoms with Crippen molar-refractivity contribution in [1.29, 1.82) is 0 Å². The first-order chi connectivity index (χ1) is 10.0. The number of hydrogen-bond acceptors (Lipinski definition) is 4. The summed E-state index contributed by atoms with van der Waals surface area (Å²) in [4.78, 5) is 27.5. The molecule has 0 saturated heterocycles. The van der Waals surface area contributed by atoms with E-state index in [0.29, 0.717) is 12.1 Å². The van der Waals surface area contributed by atoms with E-state index < -0.39 is 0 Å². The van der Waals surface area contributed by atoms with E-state index in [9.17, 15) is 9.59 Å². The summed E-state index contributed by atoms with van der Waals surface area (Å²) >= 11 is 0. The standard InChI is InChI=1S/C15H24N4O2/c1-4-8-16-13-6-5-12(10-18-13)15(21)17-9-7-14(20)19-11(2)3/h5-6,10-11H,4,7-9H2,1-3H3,(H,16,18)(H,17,21)(H,19,20). The number of anilines is 1. The molecule has 0 aliphatic carbocycles. The van der Waals surface area contributed by atoms with Gasteiger partial charge in [0, 0.05) is 31.7 Å². The summed E-state index contributed by atoms with van der Waals surface area (Å²) in [5.41, 5.74) is 0.487. The van der Waals surface area contributed by atoms with Crippen LogP contribution in [-0.2, 0) is 4.79 Å². The molecule has 1 aromatic heterocycles. The molecule has 0 atom stereocenters. The van der Waals surface area contributed by atoms with Crippen molar-refractivity contribution in [3.05, 3.63) is 23.9 Å². The van der Waals surface area contributed by atoms with Gasteiger partial charge in [0.1, 0.15) is 5.82 Å². The lowest BCUT2D eigenvalue weighted by Gasteiger charge is -2.09. The number of aromatic nitrogens is 1. The van der Waals surface area contributed by atoms with E-state index in [4.69, 9.17) is 0 Å². The van der Waals surface area contributed by atoms with Crippen molar-refractivity contribution in [1.82, 2.24) is 15.6 Å². The Balaban J connectivity index is 2.36. The zero-order chi connectivity index (χ0) is 15.7. The first kappa shape index (κ1) is 16.9. The molecule has 0 radical (unpaired) electrons. The molecule has 2 amide bonds. The summed E-state index contributed by atoms with van der Waals surface area (Å²) in [6.07, 6.45) is 2.82. The third-order valence-corrected chi connectivity index (χ3v) is 2.67. The fraction of sp³-hybridized carbons (Fsp3) is 0.533. The molecule has 3 N–H and O–H groups in total. The zero-order valence-corrected chi connectivity index (χ0v) is 12.9. The predicted octanol–water partition coefficient (Wildman–Crippen LogP) is 1.55. The first-order valence-corrected chi connectivity index (χ1v) is 7.30. The molecule has 0 unspecified atom stereocenters. The Morgan fingerprint density at radius 2 is 2.00 bits per heavy atom. The van der Waals surface area contributed by atoms with Gasteiger partial charge in [0.25, 0.3) is 5.91 Å². The van der Waals surface area contributed by atoms with Crippen LogP contribution >= 0.6 is 0 Å². The van der Waals surface area contributed by atoms with Crippen LogP contribution in [0.4, 0.5) is 5.82 Å². The fourth-order valence-corrected chi connectivity index (χ4v) is 1.67. The van der Waals surface area contributed by atoms with Gasteiger partial charge in [0.2, 0.25) is 5.91 Å². The van der Waals surface area contributed by atoms with Crippen molar-refractivity contribution < 1.29 is 9.59 Å². The van der Waals surface area contributed by atoms with Crippen LogP contribution in [0.15, 0.2) is 18.3 Å². The van der Waals surface area contributed by atoms with E-state index in [-0.39, 0.29) is 24.3 Å². The molecule has 1 aromatic rings. The average molecular weight is 292 g/mol. The maximum absolute atomic E-state index is 11.9. The molecule has 0 aliphatic heterocycles. The number of nitrogens with zero attached hydrogens (tertiary/aromatic N) is 1. The fourth-order valence-electron chi connectivity index (χ4n) is 1.67. The van der Waals surface area contributed by atoms with Gasteiger partial charge in [-0.2, -0.15) is 0 Å². The highest BCUT2D eigenvalue weighted by Gasteiger charge is 2.07. The van der Waals surface area contributed by atoms with Gasteiger partial charge < -0.3 is 16.0 Å². The summed E-state index contributed by atoms with van der Waals surface area (Å²) in [5.74, 6) is 0.467. The minimum atomic E-state index is -0.220. The number of nitrogens with one attached hydrogen (secondary N) is 3. The van der Waals surface area contributed by atoms with Gasteiger partial charge in [-0.15, -0.1) is 0 Å². The molecule has 0 fully saturated rings.